The molecule has 156 valence electrons. The summed E-state index contributed by atoms with van der Waals surface area (Å²) in [4.78, 5) is 43.4. The van der Waals surface area contributed by atoms with E-state index in [9.17, 15) is 14.4 Å². The van der Waals surface area contributed by atoms with Gasteiger partial charge < -0.3 is 4.74 Å². The molecule has 0 unspecified atom stereocenters. The van der Waals surface area contributed by atoms with Gasteiger partial charge in [-0.05, 0) is 31.7 Å². The molecule has 3 heterocycles. The number of benzene rings is 1. The lowest BCUT2D eigenvalue weighted by Crippen LogP contribution is -2.24. The molecule has 0 N–H and O–H groups in total. The fraction of sp³-hybridized carbons (Fsp3) is 0.391. The van der Waals surface area contributed by atoms with Crippen molar-refractivity contribution in [3.8, 4) is 0 Å². The standard InChI is InChI=1S/C23H24N2O4S/c1-15-19-21(24-18-12-6-3-7-13-25(18)22(19)27)30-20(15)23(28)29-14-8-11-17(26)16-9-4-2-5-10-16/h2,4-5,9-10H,3,6-8,11-14H2,1H3. The average Bonchev–Trinajstić information content (AvgIpc) is 2.92. The van der Waals surface area contributed by atoms with Crippen LogP contribution in [0.1, 0.15) is 63.5 Å². The second-order valence-corrected chi connectivity index (χ2v) is 8.56. The molecular weight excluding hydrogens is 400 g/mol. The number of ketones is 1. The van der Waals surface area contributed by atoms with E-state index in [0.29, 0.717) is 45.6 Å². The quantitative estimate of drug-likeness (QED) is 0.335. The third-order valence-corrected chi connectivity index (χ3v) is 6.64. The van der Waals surface area contributed by atoms with Crippen LogP contribution >= 0.6 is 11.3 Å². The lowest BCUT2D eigenvalue weighted by Gasteiger charge is -2.08. The van der Waals surface area contributed by atoms with Crippen LogP contribution in [0.25, 0.3) is 10.2 Å². The van der Waals surface area contributed by atoms with E-state index in [4.69, 9.17) is 4.74 Å². The lowest BCUT2D eigenvalue weighted by molar-refractivity contribution is 0.0499. The van der Waals surface area contributed by atoms with Gasteiger partial charge in [-0.2, -0.15) is 0 Å². The van der Waals surface area contributed by atoms with Crippen molar-refractivity contribution >= 4 is 33.3 Å². The molecule has 1 aliphatic rings. The summed E-state index contributed by atoms with van der Waals surface area (Å²) in [6.45, 7) is 2.62. The number of hydrogen-bond donors (Lipinski definition) is 0. The van der Waals surface area contributed by atoms with Gasteiger partial charge in [-0.25, -0.2) is 9.78 Å². The van der Waals surface area contributed by atoms with Crippen LogP contribution in [0.3, 0.4) is 0 Å². The first-order valence-corrected chi connectivity index (χ1v) is 11.2. The zero-order valence-electron chi connectivity index (χ0n) is 17.0. The molecule has 0 fully saturated rings. The SMILES string of the molecule is Cc1c(C(=O)OCCCC(=O)c2ccccc2)sc2nc3n(c(=O)c12)CCCCC3. The molecule has 0 atom stereocenters. The highest BCUT2D eigenvalue weighted by Crippen LogP contribution is 2.29. The third-order valence-electron chi connectivity index (χ3n) is 5.47. The van der Waals surface area contributed by atoms with Gasteiger partial charge in [-0.3, -0.25) is 14.2 Å². The predicted molar refractivity (Wildman–Crippen MR) is 116 cm³/mol. The van der Waals surface area contributed by atoms with Crippen molar-refractivity contribution in [3.63, 3.8) is 0 Å². The Balaban J connectivity index is 1.45. The Bertz CT molecular complexity index is 1150. The van der Waals surface area contributed by atoms with Gasteiger partial charge >= 0.3 is 5.97 Å². The van der Waals surface area contributed by atoms with E-state index in [1.54, 1.807) is 23.6 Å². The highest BCUT2D eigenvalue weighted by Gasteiger charge is 2.23. The summed E-state index contributed by atoms with van der Waals surface area (Å²) >= 11 is 1.22. The van der Waals surface area contributed by atoms with E-state index in [1.807, 2.05) is 18.2 Å². The molecule has 7 heteroatoms. The largest absolute Gasteiger partial charge is 0.461 e. The number of carbonyl (C=O) groups is 2. The number of Topliss-reactive ketones (excluding diaryl/α,β-unsaturated/α-hetero) is 1. The monoisotopic (exact) mass is 424 g/mol. The smallest absolute Gasteiger partial charge is 0.348 e. The van der Waals surface area contributed by atoms with Crippen LogP contribution in [-0.2, 0) is 17.7 Å². The first kappa shape index (κ1) is 20.5. The van der Waals surface area contributed by atoms with Crippen molar-refractivity contribution in [2.45, 2.75) is 52.0 Å². The fourth-order valence-corrected chi connectivity index (χ4v) is 4.92. The van der Waals surface area contributed by atoms with Gasteiger partial charge in [0.05, 0.1) is 12.0 Å². The molecule has 0 aliphatic carbocycles. The molecule has 3 aromatic rings. The molecule has 1 aromatic carbocycles. The molecule has 4 rings (SSSR count). The molecule has 0 bridgehead atoms. The van der Waals surface area contributed by atoms with E-state index < -0.39 is 5.97 Å². The number of nitrogens with zero attached hydrogens (tertiary/aromatic N) is 2. The van der Waals surface area contributed by atoms with Crippen LogP contribution in [0.5, 0.6) is 0 Å². The van der Waals surface area contributed by atoms with Gasteiger partial charge in [-0.15, -0.1) is 11.3 Å². The fourth-order valence-electron chi connectivity index (χ4n) is 3.84. The van der Waals surface area contributed by atoms with E-state index in [0.717, 1.165) is 31.5 Å². The first-order chi connectivity index (χ1) is 14.6. The van der Waals surface area contributed by atoms with Crippen LogP contribution in [0.2, 0.25) is 0 Å². The van der Waals surface area contributed by atoms with Gasteiger partial charge in [0, 0.05) is 24.9 Å². The van der Waals surface area contributed by atoms with Crippen LogP contribution in [0.15, 0.2) is 35.1 Å². The molecule has 6 nitrogen and oxygen atoms in total. The van der Waals surface area contributed by atoms with Crippen LogP contribution < -0.4 is 5.56 Å². The molecule has 0 saturated heterocycles. The van der Waals surface area contributed by atoms with Crippen LogP contribution in [-0.4, -0.2) is 27.9 Å². The number of thiophene rings is 1. The molecule has 2 aromatic heterocycles. The summed E-state index contributed by atoms with van der Waals surface area (Å²) in [5.74, 6) is 0.385. The number of carbonyl (C=O) groups excluding carboxylic acids is 2. The van der Waals surface area contributed by atoms with Gasteiger partial charge in [-0.1, -0.05) is 36.8 Å². The molecule has 30 heavy (non-hydrogen) atoms. The summed E-state index contributed by atoms with van der Waals surface area (Å²) in [7, 11) is 0. The Labute approximate surface area is 178 Å². The van der Waals surface area contributed by atoms with Gasteiger partial charge in [0.15, 0.2) is 5.78 Å². The summed E-state index contributed by atoms with van der Waals surface area (Å²) in [6.07, 6.45) is 4.66. The van der Waals surface area contributed by atoms with E-state index in [-0.39, 0.29) is 17.9 Å². The highest BCUT2D eigenvalue weighted by atomic mass is 32.1. The Hall–Kier alpha value is -2.80. The summed E-state index contributed by atoms with van der Waals surface area (Å²) in [5, 5.41) is 0.525. The number of aryl methyl sites for hydroxylation is 2. The Morgan fingerprint density at radius 3 is 2.77 bits per heavy atom. The number of esters is 1. The Morgan fingerprint density at radius 1 is 1.17 bits per heavy atom. The molecule has 1 aliphatic heterocycles. The number of fused-ring (bicyclic) bond motifs is 2. The summed E-state index contributed by atoms with van der Waals surface area (Å²) in [6, 6.07) is 9.08. The molecule has 0 spiro atoms. The molecule has 0 amide bonds. The zero-order valence-corrected chi connectivity index (χ0v) is 17.8. The number of aromatic nitrogens is 2. The second-order valence-electron chi connectivity index (χ2n) is 7.56. The van der Waals surface area contributed by atoms with Crippen molar-refractivity contribution in [1.29, 1.82) is 0 Å². The number of ether oxygens (including phenoxy) is 1. The normalized spacial score (nSPS) is 13.6. The van der Waals surface area contributed by atoms with Crippen LogP contribution in [0.4, 0.5) is 0 Å². The maximum absolute atomic E-state index is 13.0. The predicted octanol–water partition coefficient (Wildman–Crippen LogP) is 4.31. The van der Waals surface area contributed by atoms with E-state index in [1.165, 1.54) is 11.3 Å². The zero-order chi connectivity index (χ0) is 21.1. The molecule has 0 radical (unpaired) electrons. The second kappa shape index (κ2) is 8.92. The maximum atomic E-state index is 13.0. The van der Waals surface area contributed by atoms with Crippen molar-refractivity contribution in [2.75, 3.05) is 6.61 Å². The first-order valence-electron chi connectivity index (χ1n) is 10.3. The number of rotatable bonds is 6. The summed E-state index contributed by atoms with van der Waals surface area (Å²) < 4.78 is 7.16. The van der Waals surface area contributed by atoms with Gasteiger partial charge in [0.25, 0.3) is 5.56 Å². The van der Waals surface area contributed by atoms with E-state index in [2.05, 4.69) is 4.98 Å². The van der Waals surface area contributed by atoms with Crippen molar-refractivity contribution in [2.24, 2.45) is 0 Å². The Kier molecular flexibility index (Phi) is 6.08. The van der Waals surface area contributed by atoms with Gasteiger partial charge in [0.1, 0.15) is 15.5 Å². The van der Waals surface area contributed by atoms with Crippen LogP contribution in [0, 0.1) is 6.92 Å². The minimum atomic E-state index is -0.456. The minimum absolute atomic E-state index is 0.0309. The lowest BCUT2D eigenvalue weighted by atomic mass is 10.1. The average molecular weight is 425 g/mol. The third kappa shape index (κ3) is 4.07. The van der Waals surface area contributed by atoms with Crippen molar-refractivity contribution in [1.82, 2.24) is 9.55 Å². The van der Waals surface area contributed by atoms with Crippen molar-refractivity contribution in [3.05, 3.63) is 62.5 Å². The summed E-state index contributed by atoms with van der Waals surface area (Å²) in [5.41, 5.74) is 1.24. The molecular formula is C23H24N2O4S. The minimum Gasteiger partial charge on any atom is -0.461 e. The number of hydrogen-bond acceptors (Lipinski definition) is 6. The van der Waals surface area contributed by atoms with Crippen molar-refractivity contribution < 1.29 is 14.3 Å². The maximum Gasteiger partial charge on any atom is 0.348 e. The van der Waals surface area contributed by atoms with E-state index >= 15 is 0 Å². The van der Waals surface area contributed by atoms with Gasteiger partial charge in [0.2, 0.25) is 0 Å². The molecule has 0 saturated carbocycles. The Morgan fingerprint density at radius 2 is 1.97 bits per heavy atom. The highest BCUT2D eigenvalue weighted by molar-refractivity contribution is 7.20. The topological polar surface area (TPSA) is 78.3 Å².